The highest BCUT2D eigenvalue weighted by Crippen LogP contribution is 2.56. The highest BCUT2D eigenvalue weighted by Gasteiger charge is 2.62. The van der Waals surface area contributed by atoms with Crippen LogP contribution < -0.4 is 4.74 Å². The van der Waals surface area contributed by atoms with Gasteiger partial charge in [-0.2, -0.15) is 10.2 Å². The third-order valence-corrected chi connectivity index (χ3v) is 11.4. The number of aromatic nitrogens is 3. The lowest BCUT2D eigenvalue weighted by Gasteiger charge is -2.39. The minimum absolute atomic E-state index is 0.131. The first-order valence-corrected chi connectivity index (χ1v) is 17.5. The molecule has 3 aromatic heterocycles. The van der Waals surface area contributed by atoms with Crippen molar-refractivity contribution in [1.29, 1.82) is 5.26 Å². The maximum Gasteiger partial charge on any atom is 0.410 e. The molecule has 12 heteroatoms. The minimum atomic E-state index is -0.574. The molecular formula is C35H43N7O4S. The van der Waals surface area contributed by atoms with Crippen LogP contribution in [0, 0.1) is 23.2 Å². The van der Waals surface area contributed by atoms with Gasteiger partial charge in [-0.25, -0.2) is 14.8 Å². The van der Waals surface area contributed by atoms with Crippen molar-refractivity contribution in [3.8, 4) is 23.5 Å². The molecule has 1 saturated carbocycles. The van der Waals surface area contributed by atoms with Crippen molar-refractivity contribution >= 4 is 28.8 Å². The summed E-state index contributed by atoms with van der Waals surface area (Å²) in [4.78, 5) is 32.1. The zero-order valence-electron chi connectivity index (χ0n) is 28.2. The minimum Gasteiger partial charge on any atom is -0.458 e. The van der Waals surface area contributed by atoms with E-state index in [1.807, 2.05) is 57.7 Å². The number of carbonyl (C=O) groups excluding carboxylic acids is 1. The van der Waals surface area contributed by atoms with E-state index < -0.39 is 5.60 Å². The van der Waals surface area contributed by atoms with E-state index in [-0.39, 0.29) is 35.7 Å². The fourth-order valence-electron chi connectivity index (χ4n) is 8.18. The normalized spacial score (nSPS) is 26.8. The second-order valence-corrected chi connectivity index (χ2v) is 15.9. The number of aliphatic imine (C=N–C) groups is 1. The van der Waals surface area contributed by atoms with Crippen molar-refractivity contribution in [3.63, 3.8) is 0 Å². The van der Waals surface area contributed by atoms with Crippen LogP contribution in [0.2, 0.25) is 0 Å². The lowest BCUT2D eigenvalue weighted by molar-refractivity contribution is 0.00225. The van der Waals surface area contributed by atoms with E-state index in [1.165, 1.54) is 4.88 Å². The molecule has 248 valence electrons. The number of nitriles is 1. The van der Waals surface area contributed by atoms with Crippen LogP contribution in [-0.4, -0.2) is 75.2 Å². The Balaban J connectivity index is 1.17. The van der Waals surface area contributed by atoms with Crippen LogP contribution in [-0.2, 0) is 23.0 Å². The van der Waals surface area contributed by atoms with Gasteiger partial charge in [0.05, 0.1) is 23.6 Å². The van der Waals surface area contributed by atoms with Crippen LogP contribution >= 0.6 is 11.3 Å². The lowest BCUT2D eigenvalue weighted by Crippen LogP contribution is -2.48. The zero-order chi connectivity index (χ0) is 33.2. The number of fused-ring (bicyclic) bond motifs is 5. The van der Waals surface area contributed by atoms with Gasteiger partial charge in [0.1, 0.15) is 28.5 Å². The van der Waals surface area contributed by atoms with Crippen LogP contribution in [0.1, 0.15) is 94.0 Å². The van der Waals surface area contributed by atoms with Crippen molar-refractivity contribution in [2.24, 2.45) is 16.8 Å². The summed E-state index contributed by atoms with van der Waals surface area (Å²) in [6.07, 6.45) is 9.20. The second kappa shape index (κ2) is 11.6. The first-order chi connectivity index (χ1) is 22.4. The molecule has 0 N–H and O–H groups in total. The fourth-order valence-corrected chi connectivity index (χ4v) is 9.41. The predicted molar refractivity (Wildman–Crippen MR) is 178 cm³/mol. The summed E-state index contributed by atoms with van der Waals surface area (Å²) >= 11 is 1.62. The molecule has 4 aliphatic rings. The van der Waals surface area contributed by atoms with Gasteiger partial charge in [-0.05, 0) is 96.1 Å². The van der Waals surface area contributed by atoms with Gasteiger partial charge in [-0.3, -0.25) is 4.90 Å². The summed E-state index contributed by atoms with van der Waals surface area (Å²) in [7, 11) is 3.85. The number of thiophene rings is 1. The van der Waals surface area contributed by atoms with Crippen LogP contribution in [0.5, 0.6) is 6.01 Å². The standard InChI is InChI=1S/C35H43N7O4S/c1-19-22-16-25(42(28(19)22)33(43)45-34(3,4)5)20(2)44-32-37-15-12-24(39-32)29-21-10-8-13-35(30(21)40-46-29)14-9-11-26-27(35)23(17-36)31(47-26)38-18-41(6)7/h12,15,18-20,22,25,28H,8-11,13-14,16H2,1-7H3/b38-18+/t19-,20-,22+,25-,28-,35-/m0/s1. The molecule has 1 aliphatic heterocycles. The summed E-state index contributed by atoms with van der Waals surface area (Å²) in [5.74, 6) is 1.54. The Morgan fingerprint density at radius 3 is 2.79 bits per heavy atom. The number of piperidine rings is 1. The maximum absolute atomic E-state index is 13.2. The zero-order valence-corrected chi connectivity index (χ0v) is 29.1. The van der Waals surface area contributed by atoms with Crippen molar-refractivity contribution in [3.05, 3.63) is 39.5 Å². The van der Waals surface area contributed by atoms with E-state index in [1.54, 1.807) is 23.9 Å². The Morgan fingerprint density at radius 1 is 1.30 bits per heavy atom. The van der Waals surface area contributed by atoms with Gasteiger partial charge in [0.2, 0.25) is 0 Å². The number of nitrogens with zero attached hydrogens (tertiary/aromatic N) is 7. The molecule has 3 aromatic rings. The number of hydrogen-bond acceptors (Lipinski definition) is 10. The highest BCUT2D eigenvalue weighted by molar-refractivity contribution is 7.16. The third-order valence-electron chi connectivity index (χ3n) is 10.2. The molecule has 7 rings (SSSR count). The summed E-state index contributed by atoms with van der Waals surface area (Å²) in [6.45, 7) is 9.83. The molecule has 47 heavy (non-hydrogen) atoms. The lowest BCUT2D eigenvalue weighted by atomic mass is 9.62. The quantitative estimate of drug-likeness (QED) is 0.211. The Bertz CT molecular complexity index is 1760. The third kappa shape index (κ3) is 5.46. The fraction of sp³-hybridized carbons (Fsp3) is 0.600. The summed E-state index contributed by atoms with van der Waals surface area (Å²) in [6, 6.07) is 4.60. The Labute approximate surface area is 280 Å². The first-order valence-electron chi connectivity index (χ1n) is 16.7. The number of likely N-dealkylation sites (tertiary alicyclic amines) is 1. The molecule has 11 nitrogen and oxygen atoms in total. The number of hydrogen-bond donors (Lipinski definition) is 0. The molecule has 1 saturated heterocycles. The smallest absolute Gasteiger partial charge is 0.410 e. The molecule has 3 aliphatic carbocycles. The molecule has 0 bridgehead atoms. The van der Waals surface area contributed by atoms with Crippen molar-refractivity contribution in [2.75, 3.05) is 14.1 Å². The molecule has 1 amide bonds. The Hall–Kier alpha value is -3.98. The first kappa shape index (κ1) is 31.6. The maximum atomic E-state index is 13.2. The Morgan fingerprint density at radius 2 is 2.06 bits per heavy atom. The summed E-state index contributed by atoms with van der Waals surface area (Å²) in [5, 5.41) is 15.8. The molecule has 0 unspecified atom stereocenters. The van der Waals surface area contributed by atoms with Crippen molar-refractivity contribution < 1.29 is 18.8 Å². The largest absolute Gasteiger partial charge is 0.458 e. The van der Waals surface area contributed by atoms with E-state index in [2.05, 4.69) is 23.0 Å². The van der Waals surface area contributed by atoms with E-state index in [0.717, 1.165) is 66.8 Å². The van der Waals surface area contributed by atoms with Crippen LogP contribution in [0.15, 0.2) is 21.8 Å². The predicted octanol–water partition coefficient (Wildman–Crippen LogP) is 6.66. The number of aryl methyl sites for hydroxylation is 1. The van der Waals surface area contributed by atoms with Gasteiger partial charge < -0.3 is 18.9 Å². The second-order valence-electron chi connectivity index (χ2n) is 14.8. The molecule has 6 atom stereocenters. The number of carbonyl (C=O) groups is 1. The van der Waals surface area contributed by atoms with Crippen LogP contribution in [0.3, 0.4) is 0 Å². The van der Waals surface area contributed by atoms with Gasteiger partial charge >= 0.3 is 12.1 Å². The molecule has 4 heterocycles. The number of ether oxygens (including phenoxy) is 2. The van der Waals surface area contributed by atoms with Crippen LogP contribution in [0.25, 0.3) is 11.5 Å². The van der Waals surface area contributed by atoms with Gasteiger partial charge in [-0.1, -0.05) is 12.1 Å². The Kier molecular flexibility index (Phi) is 7.81. The summed E-state index contributed by atoms with van der Waals surface area (Å²) < 4.78 is 18.2. The SMILES string of the molecule is C[C@H]1[C@H]2C[C@@H]([C@H](C)Oc3nccc(-c4onc5c4CCC[C@@]54CCCc5sc(/N=C/N(C)C)c(C#N)c54)n3)N(C(=O)OC(C)(C)C)[C@@H]12. The monoisotopic (exact) mass is 657 g/mol. The van der Waals surface area contributed by atoms with E-state index >= 15 is 0 Å². The topological polar surface area (TPSA) is 130 Å². The highest BCUT2D eigenvalue weighted by atomic mass is 32.1. The van der Waals surface area contributed by atoms with E-state index in [0.29, 0.717) is 28.9 Å². The molecular weight excluding hydrogens is 614 g/mol. The van der Waals surface area contributed by atoms with Crippen molar-refractivity contribution in [1.82, 2.24) is 24.9 Å². The average molecular weight is 658 g/mol. The van der Waals surface area contributed by atoms with Crippen LogP contribution in [0.4, 0.5) is 9.80 Å². The summed E-state index contributed by atoms with van der Waals surface area (Å²) in [5.41, 5.74) is 3.35. The van der Waals surface area contributed by atoms with E-state index in [9.17, 15) is 10.1 Å². The van der Waals surface area contributed by atoms with Gasteiger partial charge in [0, 0.05) is 42.2 Å². The van der Waals surface area contributed by atoms with Gasteiger partial charge in [0.15, 0.2) is 5.76 Å². The number of rotatable bonds is 6. The van der Waals surface area contributed by atoms with Gasteiger partial charge in [-0.15, -0.1) is 11.3 Å². The number of amides is 1. The molecule has 0 aromatic carbocycles. The average Bonchev–Trinajstić information content (AvgIpc) is 3.43. The van der Waals surface area contributed by atoms with Gasteiger partial charge in [0.25, 0.3) is 0 Å². The van der Waals surface area contributed by atoms with Crippen molar-refractivity contribution in [2.45, 2.75) is 109 Å². The molecule has 1 spiro atoms. The van der Waals surface area contributed by atoms with E-state index in [4.69, 9.17) is 24.1 Å². The molecule has 0 radical (unpaired) electrons. The molecule has 2 fully saturated rings.